The fourth-order valence-corrected chi connectivity index (χ4v) is 8.21. The minimum atomic E-state index is -5.62. The highest BCUT2D eigenvalue weighted by atomic mass is 31.2. The van der Waals surface area contributed by atoms with Gasteiger partial charge in [-0.05, 0) is 19.3 Å². The highest BCUT2D eigenvalue weighted by Crippen LogP contribution is 2.59. The zero-order chi connectivity index (χ0) is 52.4. The van der Waals surface area contributed by atoms with E-state index in [9.17, 15) is 56.8 Å². The predicted octanol–water partition coefficient (Wildman–Crippen LogP) is 3.84. The minimum absolute atomic E-state index is 0.0306. The third-order valence-electron chi connectivity index (χ3n) is 7.70. The molecule has 69 heavy (non-hydrogen) atoms. The largest absolute Gasteiger partial charge is 0.481 e. The summed E-state index contributed by atoms with van der Waals surface area (Å²) < 4.78 is 138. The van der Waals surface area contributed by atoms with Gasteiger partial charge in [-0.25, -0.2) is 40.8 Å². The van der Waals surface area contributed by atoms with Crippen molar-refractivity contribution in [2.75, 3.05) is 40.8 Å². The third kappa shape index (κ3) is 25.3. The fourth-order valence-electron chi connectivity index (χ4n) is 4.91. The Balaban J connectivity index is 4.68. The molecule has 0 bridgehead atoms. The summed E-state index contributed by atoms with van der Waals surface area (Å²) in [5.74, 6) is -9.72. The molecule has 0 amide bonds. The lowest BCUT2D eigenvalue weighted by Gasteiger charge is -2.48. The molecule has 0 unspecified atom stereocenters. The molecular weight excluding hydrogens is 1010 g/mol. The molecule has 0 N–H and O–H groups in total. The molecule has 1 fully saturated rings. The van der Waals surface area contributed by atoms with Gasteiger partial charge in [0.05, 0.1) is 0 Å². The Labute approximate surface area is 395 Å². The summed E-state index contributed by atoms with van der Waals surface area (Å²) in [4.78, 5) is 111. The van der Waals surface area contributed by atoms with Crippen LogP contribution in [0.15, 0.2) is 0 Å². The maximum absolute atomic E-state index is 14.7. The van der Waals surface area contributed by atoms with Crippen LogP contribution in [0, 0.1) is 0 Å². The Morgan fingerprint density at radius 2 is 0.493 bits per heavy atom. The van der Waals surface area contributed by atoms with Gasteiger partial charge in [-0.15, -0.1) is 0 Å². The SMILES string of the molecule is CCCC(=O)O[C@@H]1[C@H](OC(=O)CCC)[C@H](OP(=O)(OCOC(C)=O)OCOC(C)=O)[C@@H](OC(=O)CCC)[C@H](OP(=O)(OCOC(C)=O)OCOC(C)=O)[C@H]1OP(=O)(OCOC(C)=O)OCOC(C)=O. The zero-order valence-electron chi connectivity index (χ0n) is 39.0. The first-order chi connectivity index (χ1) is 32.3. The monoisotopic (exact) mass is 1060 g/mol. The summed E-state index contributed by atoms with van der Waals surface area (Å²) in [6.45, 7) is 2.40. The smallest absolute Gasteiger partial charge is 0.456 e. The molecule has 1 saturated carbocycles. The van der Waals surface area contributed by atoms with Crippen LogP contribution in [0.4, 0.5) is 0 Å². The van der Waals surface area contributed by atoms with Crippen molar-refractivity contribution in [2.45, 2.75) is 137 Å². The first kappa shape index (κ1) is 62.6. The second kappa shape index (κ2) is 31.7. The Kier molecular flexibility index (Phi) is 28.8. The molecule has 0 radical (unpaired) electrons. The molecule has 396 valence electrons. The van der Waals surface area contributed by atoms with Gasteiger partial charge in [0.25, 0.3) is 0 Å². The van der Waals surface area contributed by atoms with Crippen LogP contribution in [-0.2, 0) is 140 Å². The lowest BCUT2D eigenvalue weighted by molar-refractivity contribution is -0.244. The number of hydrogen-bond donors (Lipinski definition) is 0. The number of carbonyl (C=O) groups is 9. The van der Waals surface area contributed by atoms with Gasteiger partial charge >= 0.3 is 77.2 Å². The van der Waals surface area contributed by atoms with Gasteiger partial charge in [0.1, 0.15) is 18.3 Å². The molecule has 0 saturated heterocycles. The van der Waals surface area contributed by atoms with E-state index >= 15 is 0 Å². The van der Waals surface area contributed by atoms with Gasteiger partial charge in [-0.3, -0.25) is 56.7 Å². The Bertz CT molecular complexity index is 1820. The van der Waals surface area contributed by atoms with Gasteiger partial charge in [-0.1, -0.05) is 20.8 Å². The molecule has 1 aliphatic rings. The summed E-state index contributed by atoms with van der Waals surface area (Å²) in [6, 6.07) is 0. The molecule has 0 aliphatic heterocycles. The van der Waals surface area contributed by atoms with Crippen molar-refractivity contribution in [1.29, 1.82) is 0 Å². The van der Waals surface area contributed by atoms with E-state index in [4.69, 9.17) is 83.3 Å². The maximum atomic E-state index is 14.7. The molecule has 1 aliphatic carbocycles. The van der Waals surface area contributed by atoms with Gasteiger partial charge in [-0.2, -0.15) is 0 Å². The van der Waals surface area contributed by atoms with E-state index in [-0.39, 0.29) is 19.3 Å². The van der Waals surface area contributed by atoms with Gasteiger partial charge in [0.15, 0.2) is 18.3 Å². The van der Waals surface area contributed by atoms with Crippen LogP contribution >= 0.6 is 23.5 Å². The quantitative estimate of drug-likeness (QED) is 0.0390. The maximum Gasteiger partial charge on any atom is 0.481 e. The number of rotatable bonds is 33. The van der Waals surface area contributed by atoms with Gasteiger partial charge in [0, 0.05) is 60.8 Å². The van der Waals surface area contributed by atoms with Gasteiger partial charge in [0.2, 0.25) is 40.8 Å². The molecular formula is C36H57O30P3. The average Bonchev–Trinajstić information content (AvgIpc) is 3.21. The number of hydrogen-bond acceptors (Lipinski definition) is 30. The van der Waals surface area contributed by atoms with Crippen LogP contribution in [0.2, 0.25) is 0 Å². The first-order valence-corrected chi connectivity index (χ1v) is 24.8. The average molecular weight is 1060 g/mol. The molecule has 30 nitrogen and oxygen atoms in total. The zero-order valence-corrected chi connectivity index (χ0v) is 41.7. The van der Waals surface area contributed by atoms with Crippen molar-refractivity contribution in [3.05, 3.63) is 0 Å². The number of esters is 9. The van der Waals surface area contributed by atoms with E-state index in [1.807, 2.05) is 0 Å². The summed E-state index contributed by atoms with van der Waals surface area (Å²) in [6.07, 6.45) is -16.4. The normalized spacial score (nSPS) is 19.3. The van der Waals surface area contributed by atoms with Crippen molar-refractivity contribution in [3.8, 4) is 0 Å². The summed E-state index contributed by atoms with van der Waals surface area (Å²) in [5.41, 5.74) is 0. The highest BCUT2D eigenvalue weighted by molar-refractivity contribution is 7.49. The molecule has 33 heteroatoms. The molecule has 0 heterocycles. The van der Waals surface area contributed by atoms with Crippen LogP contribution in [0.25, 0.3) is 0 Å². The number of carbonyl (C=O) groups excluding carboxylic acids is 9. The fraction of sp³-hybridized carbons (Fsp3) is 0.750. The standard InChI is InChI=1S/C36H57O30P3/c1-10-13-28(43)61-31-32(62-29(44)14-11-2)35(65-68(47,57-18-51-24(6)39)58-19-52-25(7)40)36(66-69(48,59-20-53-26(8)41)60-21-54-27(9)42)33(63-30(45)15-12-3)34(31)64-67(46,55-16-49-22(4)37)56-17-50-23(5)38/h31-36H,10-21H2,1-9H3/t31-,32+,33+,34-,35-,36-/m0/s1. The molecule has 0 spiro atoms. The summed E-state index contributed by atoms with van der Waals surface area (Å²) >= 11 is 0. The number of ether oxygens (including phenoxy) is 9. The lowest BCUT2D eigenvalue weighted by atomic mass is 9.84. The van der Waals surface area contributed by atoms with Crippen molar-refractivity contribution >= 4 is 77.2 Å². The Morgan fingerprint density at radius 3 is 0.667 bits per heavy atom. The van der Waals surface area contributed by atoms with E-state index in [1.54, 1.807) is 0 Å². The topological polar surface area (TPSA) is 371 Å². The van der Waals surface area contributed by atoms with E-state index in [0.717, 1.165) is 41.5 Å². The third-order valence-corrected chi connectivity index (χ3v) is 11.7. The molecule has 6 atom stereocenters. The van der Waals surface area contributed by atoms with Crippen LogP contribution in [0.3, 0.4) is 0 Å². The van der Waals surface area contributed by atoms with Crippen LogP contribution in [-0.4, -0.2) is 131 Å². The Morgan fingerprint density at radius 1 is 0.319 bits per heavy atom. The second-order valence-corrected chi connectivity index (χ2v) is 18.3. The van der Waals surface area contributed by atoms with Crippen LogP contribution in [0.1, 0.15) is 101 Å². The second-order valence-electron chi connectivity index (χ2n) is 13.5. The van der Waals surface area contributed by atoms with Crippen molar-refractivity contribution in [1.82, 2.24) is 0 Å². The van der Waals surface area contributed by atoms with Crippen LogP contribution < -0.4 is 0 Å². The summed E-state index contributed by atoms with van der Waals surface area (Å²) in [5, 5.41) is 0. The molecule has 0 aromatic carbocycles. The summed E-state index contributed by atoms with van der Waals surface area (Å²) in [7, 11) is -16.7. The molecule has 0 aromatic heterocycles. The van der Waals surface area contributed by atoms with E-state index in [2.05, 4.69) is 0 Å². The number of phosphoric acid groups is 3. The van der Waals surface area contributed by atoms with Gasteiger partial charge < -0.3 is 42.6 Å². The van der Waals surface area contributed by atoms with Crippen LogP contribution in [0.5, 0.6) is 0 Å². The van der Waals surface area contributed by atoms with Crippen molar-refractivity contribution in [3.63, 3.8) is 0 Å². The lowest BCUT2D eigenvalue weighted by Crippen LogP contribution is -2.68. The van der Waals surface area contributed by atoms with E-state index < -0.39 is 174 Å². The molecule has 1 rings (SSSR count). The minimum Gasteiger partial charge on any atom is -0.456 e. The van der Waals surface area contributed by atoms with E-state index in [0.29, 0.717) is 0 Å². The van der Waals surface area contributed by atoms with Crippen molar-refractivity contribution < 1.29 is 140 Å². The van der Waals surface area contributed by atoms with E-state index in [1.165, 1.54) is 20.8 Å². The first-order valence-electron chi connectivity index (χ1n) is 20.4. The van der Waals surface area contributed by atoms with Crippen molar-refractivity contribution in [2.24, 2.45) is 0 Å². The number of phosphoric ester groups is 3. The highest BCUT2D eigenvalue weighted by Gasteiger charge is 2.63. The molecule has 0 aromatic rings. The predicted molar refractivity (Wildman–Crippen MR) is 218 cm³/mol. The Hall–Kier alpha value is -4.44.